The first-order valence-electron chi connectivity index (χ1n) is 12.9. The molecule has 5 rings (SSSR count). The number of Topliss-reactive ketones (excluding diaryl/α,β-unsaturated/α-hetero) is 1. The lowest BCUT2D eigenvalue weighted by molar-refractivity contribution is -0.306. The zero-order valence-electron chi connectivity index (χ0n) is 20.8. The summed E-state index contributed by atoms with van der Waals surface area (Å²) in [6, 6.07) is 0. The zero-order valence-corrected chi connectivity index (χ0v) is 20.8. The van der Waals surface area contributed by atoms with Crippen molar-refractivity contribution in [1.29, 1.82) is 0 Å². The highest BCUT2D eigenvalue weighted by Gasteiger charge is 2.77. The number of allylic oxidation sites excluding steroid dienone is 1. The summed E-state index contributed by atoms with van der Waals surface area (Å²) >= 11 is 0. The molecule has 2 bridgehead atoms. The lowest BCUT2D eigenvalue weighted by Crippen LogP contribution is -2.73. The summed E-state index contributed by atoms with van der Waals surface area (Å²) in [5.41, 5.74) is -4.31. The van der Waals surface area contributed by atoms with Crippen LogP contribution in [0.4, 0.5) is 0 Å². The fraction of sp³-hybridized carbons (Fsp3) is 0.846. The van der Waals surface area contributed by atoms with Gasteiger partial charge in [0.25, 0.3) is 0 Å². The van der Waals surface area contributed by atoms with Crippen LogP contribution in [0.3, 0.4) is 0 Å². The van der Waals surface area contributed by atoms with Crippen LogP contribution in [0.25, 0.3) is 0 Å². The van der Waals surface area contributed by atoms with Crippen molar-refractivity contribution in [2.75, 3.05) is 6.61 Å². The van der Waals surface area contributed by atoms with Crippen molar-refractivity contribution in [3.8, 4) is 0 Å². The number of ether oxygens (including phenoxy) is 2. The van der Waals surface area contributed by atoms with Crippen molar-refractivity contribution in [3.63, 3.8) is 0 Å². The molecule has 10 nitrogen and oxygen atoms in total. The molecule has 1 saturated heterocycles. The number of ketones is 1. The summed E-state index contributed by atoms with van der Waals surface area (Å²) in [5, 5.41) is 63.9. The Hall–Kier alpha value is -1.40. The van der Waals surface area contributed by atoms with E-state index in [4.69, 9.17) is 9.47 Å². The Morgan fingerprint density at radius 1 is 1.08 bits per heavy atom. The molecule has 0 aromatic heterocycles. The van der Waals surface area contributed by atoms with Crippen molar-refractivity contribution in [1.82, 2.24) is 0 Å². The molecule has 0 aromatic carbocycles. The maximum Gasteiger partial charge on any atom is 0.314 e. The normalized spacial score (nSPS) is 54.6. The lowest BCUT2D eigenvalue weighted by atomic mass is 9.38. The van der Waals surface area contributed by atoms with Crippen LogP contribution in [0.5, 0.6) is 0 Å². The van der Waals surface area contributed by atoms with E-state index in [1.54, 1.807) is 6.92 Å². The molecule has 5 fully saturated rings. The second kappa shape index (κ2) is 8.30. The van der Waals surface area contributed by atoms with Gasteiger partial charge < -0.3 is 40.1 Å². The molecule has 10 heteroatoms. The maximum atomic E-state index is 13.7. The predicted octanol–water partition coefficient (Wildman–Crippen LogP) is -0.437. The number of hydrogen-bond acceptors (Lipinski definition) is 10. The van der Waals surface area contributed by atoms with Crippen LogP contribution in [0, 0.1) is 28.1 Å². The molecular weight excluding hydrogens is 472 g/mol. The van der Waals surface area contributed by atoms with E-state index < -0.39 is 77.1 Å². The van der Waals surface area contributed by atoms with Gasteiger partial charge in [0.1, 0.15) is 24.4 Å². The fourth-order valence-corrected chi connectivity index (χ4v) is 8.82. The number of aliphatic hydroxyl groups is 6. The van der Waals surface area contributed by atoms with Gasteiger partial charge in [-0.3, -0.25) is 9.59 Å². The van der Waals surface area contributed by atoms with Crippen LogP contribution in [-0.2, 0) is 19.1 Å². The minimum Gasteiger partial charge on any atom is -0.432 e. The number of esters is 1. The third kappa shape index (κ3) is 3.09. The van der Waals surface area contributed by atoms with Crippen LogP contribution in [0.15, 0.2) is 12.2 Å². The van der Waals surface area contributed by atoms with Crippen LogP contribution < -0.4 is 0 Å². The van der Waals surface area contributed by atoms with Gasteiger partial charge >= 0.3 is 5.97 Å². The van der Waals surface area contributed by atoms with E-state index in [9.17, 15) is 40.2 Å². The Bertz CT molecular complexity index is 966. The second-order valence-electron chi connectivity index (χ2n) is 12.3. The highest BCUT2D eigenvalue weighted by atomic mass is 16.7. The Balaban J connectivity index is 1.48. The summed E-state index contributed by atoms with van der Waals surface area (Å²) < 4.78 is 10.9. The number of hydrogen-bond donors (Lipinski definition) is 6. The van der Waals surface area contributed by atoms with E-state index >= 15 is 0 Å². The topological polar surface area (TPSA) is 174 Å². The molecule has 1 aliphatic heterocycles. The van der Waals surface area contributed by atoms with E-state index in [1.165, 1.54) is 0 Å². The first kappa shape index (κ1) is 26.2. The number of rotatable bonds is 3. The summed E-state index contributed by atoms with van der Waals surface area (Å²) in [4.78, 5) is 27.2. The molecule has 0 radical (unpaired) electrons. The van der Waals surface area contributed by atoms with Gasteiger partial charge in [0.15, 0.2) is 5.78 Å². The molecule has 0 aromatic rings. The highest BCUT2D eigenvalue weighted by molar-refractivity contribution is 6.04. The quantitative estimate of drug-likeness (QED) is 0.216. The van der Waals surface area contributed by atoms with Crippen molar-refractivity contribution in [3.05, 3.63) is 12.2 Å². The predicted molar refractivity (Wildman–Crippen MR) is 123 cm³/mol. The Labute approximate surface area is 209 Å². The molecule has 0 unspecified atom stereocenters. The van der Waals surface area contributed by atoms with Crippen LogP contribution in [0.2, 0.25) is 0 Å². The largest absolute Gasteiger partial charge is 0.432 e. The standard InChI is InChI=1S/C26H38O10/c1-12-13-5-8-26(34)24(3)7-4-6-23(2,19(24)14(28)10-25(26,9-13)20(12)32)22(33)36-21-18(31)17(30)16(29)15(11-27)35-21/h13-19,21,27-31,34H,1,4-11H2,2-3H3/t13-,14+,15+,16+,17-,18+,19+,21-,23+,24+,25+,26+/m0/s1. The van der Waals surface area contributed by atoms with E-state index in [-0.39, 0.29) is 18.1 Å². The summed E-state index contributed by atoms with van der Waals surface area (Å²) in [5.74, 6) is -1.71. The first-order chi connectivity index (χ1) is 16.8. The Kier molecular flexibility index (Phi) is 6.04. The van der Waals surface area contributed by atoms with Crippen molar-refractivity contribution >= 4 is 11.8 Å². The van der Waals surface area contributed by atoms with Gasteiger partial charge in [0, 0.05) is 11.3 Å². The average Bonchev–Trinajstić information content (AvgIpc) is 3.03. The van der Waals surface area contributed by atoms with E-state index in [2.05, 4.69) is 6.58 Å². The van der Waals surface area contributed by atoms with Gasteiger partial charge in [-0.2, -0.15) is 0 Å². The summed E-state index contributed by atoms with van der Waals surface area (Å²) in [6.07, 6.45) is -6.11. The van der Waals surface area contributed by atoms with Crippen LogP contribution in [-0.4, -0.2) is 91.4 Å². The number of aliphatic hydroxyl groups excluding tert-OH is 5. The van der Waals surface area contributed by atoms with Gasteiger partial charge in [-0.05, 0) is 56.9 Å². The lowest BCUT2D eigenvalue weighted by Gasteiger charge is -2.68. The molecule has 1 heterocycles. The number of fused-ring (bicyclic) bond motifs is 3. The molecule has 4 aliphatic carbocycles. The minimum absolute atomic E-state index is 0.00347. The Morgan fingerprint density at radius 2 is 1.78 bits per heavy atom. The SMILES string of the molecule is C=C1C(=O)[C@]23C[C@@H]1CC[C@@]2(O)[C@]1(C)CCC[C@@](C)(C(=O)O[C@@H]2O[C@H](CO)[C@@H](O)[C@H](O)[C@H]2O)[C@H]1[C@H](O)C3. The third-order valence-corrected chi connectivity index (χ3v) is 10.7. The van der Waals surface area contributed by atoms with Crippen molar-refractivity contribution in [2.24, 2.45) is 28.1 Å². The summed E-state index contributed by atoms with van der Waals surface area (Å²) in [6.45, 7) is 6.84. The fourth-order valence-electron chi connectivity index (χ4n) is 8.82. The van der Waals surface area contributed by atoms with Crippen LogP contribution >= 0.6 is 0 Å². The van der Waals surface area contributed by atoms with Crippen molar-refractivity contribution < 1.29 is 49.7 Å². The molecule has 0 amide bonds. The average molecular weight is 511 g/mol. The molecule has 6 N–H and O–H groups in total. The smallest absolute Gasteiger partial charge is 0.314 e. The molecule has 12 atom stereocenters. The van der Waals surface area contributed by atoms with E-state index in [1.807, 2.05) is 6.92 Å². The molecule has 1 spiro atoms. The summed E-state index contributed by atoms with van der Waals surface area (Å²) in [7, 11) is 0. The third-order valence-electron chi connectivity index (χ3n) is 10.7. The van der Waals surface area contributed by atoms with Gasteiger partial charge in [-0.15, -0.1) is 0 Å². The second-order valence-corrected chi connectivity index (χ2v) is 12.3. The van der Waals surface area contributed by atoms with E-state index in [0.29, 0.717) is 44.1 Å². The number of carbonyl (C=O) groups is 2. The molecule has 5 aliphatic rings. The molecule has 202 valence electrons. The number of carbonyl (C=O) groups excluding carboxylic acids is 2. The molecule has 36 heavy (non-hydrogen) atoms. The van der Waals surface area contributed by atoms with Gasteiger partial charge in [-0.25, -0.2) is 0 Å². The van der Waals surface area contributed by atoms with E-state index in [0.717, 1.165) is 0 Å². The van der Waals surface area contributed by atoms with Crippen LogP contribution in [0.1, 0.15) is 58.8 Å². The molecule has 4 saturated carbocycles. The first-order valence-corrected chi connectivity index (χ1v) is 12.9. The van der Waals surface area contributed by atoms with Gasteiger partial charge in [0.2, 0.25) is 6.29 Å². The maximum absolute atomic E-state index is 13.7. The van der Waals surface area contributed by atoms with Gasteiger partial charge in [0.05, 0.1) is 29.1 Å². The highest BCUT2D eigenvalue weighted by Crippen LogP contribution is 2.72. The molecular formula is C26H38O10. The Morgan fingerprint density at radius 3 is 2.44 bits per heavy atom. The zero-order chi connectivity index (χ0) is 26.4. The van der Waals surface area contributed by atoms with Gasteiger partial charge in [-0.1, -0.05) is 19.9 Å². The monoisotopic (exact) mass is 510 g/mol. The van der Waals surface area contributed by atoms with Crippen molar-refractivity contribution in [2.45, 2.75) is 101 Å². The minimum atomic E-state index is -1.74.